The lowest BCUT2D eigenvalue weighted by molar-refractivity contribution is -0.144. The van der Waals surface area contributed by atoms with E-state index in [0.717, 1.165) is 6.42 Å². The number of hydrogen-bond acceptors (Lipinski definition) is 2. The molecule has 12 heavy (non-hydrogen) atoms. The van der Waals surface area contributed by atoms with Gasteiger partial charge in [-0.25, -0.2) is 0 Å². The van der Waals surface area contributed by atoms with Crippen LogP contribution in [0.5, 0.6) is 0 Å². The first kappa shape index (κ1) is 9.72. The van der Waals surface area contributed by atoms with Crippen LogP contribution in [0.25, 0.3) is 0 Å². The maximum atomic E-state index is 11.2. The largest absolute Gasteiger partial charge is 0.374 e. The maximum absolute atomic E-state index is 11.2. The van der Waals surface area contributed by atoms with Crippen molar-refractivity contribution < 1.29 is 9.53 Å². The molecule has 1 saturated heterocycles. The lowest BCUT2D eigenvalue weighted by Crippen LogP contribution is -2.42. The SMILES string of the molecule is CCC(C)C1(C)CC(=O)CCO1. The molecule has 2 atom stereocenters. The van der Waals surface area contributed by atoms with Crippen LogP contribution in [0.4, 0.5) is 0 Å². The third kappa shape index (κ3) is 1.86. The third-order valence-corrected chi connectivity index (χ3v) is 3.02. The van der Waals surface area contributed by atoms with E-state index in [9.17, 15) is 4.79 Å². The zero-order valence-corrected chi connectivity index (χ0v) is 8.22. The van der Waals surface area contributed by atoms with Crippen LogP contribution in [0.3, 0.4) is 0 Å². The first-order valence-electron chi connectivity index (χ1n) is 4.74. The summed E-state index contributed by atoms with van der Waals surface area (Å²) >= 11 is 0. The number of hydrogen-bond donors (Lipinski definition) is 0. The normalized spacial score (nSPS) is 33.4. The standard InChI is InChI=1S/C10H18O2/c1-4-8(2)10(3)7-9(11)5-6-12-10/h8H,4-7H2,1-3H3. The van der Waals surface area contributed by atoms with Crippen LogP contribution in [0.1, 0.15) is 40.0 Å². The van der Waals surface area contributed by atoms with Crippen molar-refractivity contribution in [3.63, 3.8) is 0 Å². The van der Waals surface area contributed by atoms with Crippen LogP contribution < -0.4 is 0 Å². The first-order valence-corrected chi connectivity index (χ1v) is 4.74. The molecule has 2 nitrogen and oxygen atoms in total. The van der Waals surface area contributed by atoms with Gasteiger partial charge in [0.25, 0.3) is 0 Å². The van der Waals surface area contributed by atoms with E-state index in [1.165, 1.54) is 0 Å². The fourth-order valence-corrected chi connectivity index (χ4v) is 1.68. The van der Waals surface area contributed by atoms with Crippen molar-refractivity contribution in [2.24, 2.45) is 5.92 Å². The van der Waals surface area contributed by atoms with Gasteiger partial charge in [-0.3, -0.25) is 4.79 Å². The van der Waals surface area contributed by atoms with Gasteiger partial charge in [0.15, 0.2) is 0 Å². The highest BCUT2D eigenvalue weighted by Crippen LogP contribution is 2.31. The summed E-state index contributed by atoms with van der Waals surface area (Å²) in [7, 11) is 0. The van der Waals surface area contributed by atoms with Crippen LogP contribution >= 0.6 is 0 Å². The lowest BCUT2D eigenvalue weighted by Gasteiger charge is -2.37. The van der Waals surface area contributed by atoms with Crippen molar-refractivity contribution in [3.05, 3.63) is 0 Å². The van der Waals surface area contributed by atoms with Crippen molar-refractivity contribution in [1.82, 2.24) is 0 Å². The topological polar surface area (TPSA) is 26.3 Å². The van der Waals surface area contributed by atoms with Crippen LogP contribution in [0, 0.1) is 5.92 Å². The molecule has 0 N–H and O–H groups in total. The van der Waals surface area contributed by atoms with Crippen LogP contribution in [-0.2, 0) is 9.53 Å². The average Bonchev–Trinajstić information content (AvgIpc) is 2.02. The molecule has 1 aliphatic rings. The van der Waals surface area contributed by atoms with Crippen LogP contribution in [-0.4, -0.2) is 18.0 Å². The number of carbonyl (C=O) groups is 1. The summed E-state index contributed by atoms with van der Waals surface area (Å²) in [6.07, 6.45) is 2.28. The molecule has 0 aromatic rings. The molecule has 1 aliphatic heterocycles. The molecule has 0 aromatic heterocycles. The van der Waals surface area contributed by atoms with E-state index in [-0.39, 0.29) is 5.60 Å². The number of carbonyl (C=O) groups excluding carboxylic acids is 1. The van der Waals surface area contributed by atoms with Crippen molar-refractivity contribution in [2.45, 2.75) is 45.6 Å². The van der Waals surface area contributed by atoms with E-state index < -0.39 is 0 Å². The lowest BCUT2D eigenvalue weighted by atomic mass is 9.82. The van der Waals surface area contributed by atoms with E-state index in [2.05, 4.69) is 20.8 Å². The van der Waals surface area contributed by atoms with E-state index in [4.69, 9.17) is 4.74 Å². The molecular formula is C10H18O2. The minimum Gasteiger partial charge on any atom is -0.374 e. The molecule has 0 spiro atoms. The molecule has 0 aliphatic carbocycles. The third-order valence-electron chi connectivity index (χ3n) is 3.02. The van der Waals surface area contributed by atoms with E-state index in [1.54, 1.807) is 0 Å². The van der Waals surface area contributed by atoms with E-state index in [0.29, 0.717) is 31.1 Å². The van der Waals surface area contributed by atoms with E-state index >= 15 is 0 Å². The molecule has 1 rings (SSSR count). The van der Waals surface area contributed by atoms with Gasteiger partial charge in [-0.1, -0.05) is 20.3 Å². The van der Waals surface area contributed by atoms with Gasteiger partial charge in [0, 0.05) is 12.8 Å². The van der Waals surface area contributed by atoms with Crippen LogP contribution in [0.2, 0.25) is 0 Å². The smallest absolute Gasteiger partial charge is 0.138 e. The molecular weight excluding hydrogens is 152 g/mol. The Kier molecular flexibility index (Phi) is 2.89. The second-order valence-electron chi connectivity index (χ2n) is 3.94. The molecule has 2 unspecified atom stereocenters. The fraction of sp³-hybridized carbons (Fsp3) is 0.900. The zero-order chi connectivity index (χ0) is 9.19. The Hall–Kier alpha value is -0.370. The Labute approximate surface area is 74.3 Å². The molecule has 2 heteroatoms. The molecule has 70 valence electrons. The summed E-state index contributed by atoms with van der Waals surface area (Å²) in [6, 6.07) is 0. The van der Waals surface area contributed by atoms with E-state index in [1.807, 2.05) is 0 Å². The first-order chi connectivity index (χ1) is 5.58. The Morgan fingerprint density at radius 1 is 1.67 bits per heavy atom. The Bertz CT molecular complexity index is 177. The minimum atomic E-state index is -0.190. The summed E-state index contributed by atoms with van der Waals surface area (Å²) in [5, 5.41) is 0. The number of Topliss-reactive ketones (excluding diaryl/α,β-unsaturated/α-hetero) is 1. The predicted octanol–water partition coefficient (Wildman–Crippen LogP) is 2.17. The minimum absolute atomic E-state index is 0.190. The van der Waals surface area contributed by atoms with Crippen molar-refractivity contribution in [2.75, 3.05) is 6.61 Å². The number of ether oxygens (including phenoxy) is 1. The number of rotatable bonds is 2. The van der Waals surface area contributed by atoms with Gasteiger partial charge in [0.2, 0.25) is 0 Å². The quantitative estimate of drug-likeness (QED) is 0.635. The molecule has 1 heterocycles. The highest BCUT2D eigenvalue weighted by Gasteiger charge is 2.36. The molecule has 0 saturated carbocycles. The Balaban J connectivity index is 2.62. The summed E-state index contributed by atoms with van der Waals surface area (Å²) in [5.41, 5.74) is -0.190. The van der Waals surface area contributed by atoms with Crippen molar-refractivity contribution in [3.8, 4) is 0 Å². The summed E-state index contributed by atoms with van der Waals surface area (Å²) in [5.74, 6) is 0.825. The van der Waals surface area contributed by atoms with Gasteiger partial charge in [-0.2, -0.15) is 0 Å². The van der Waals surface area contributed by atoms with Gasteiger partial charge >= 0.3 is 0 Å². The molecule has 0 amide bonds. The van der Waals surface area contributed by atoms with Crippen LogP contribution in [0.15, 0.2) is 0 Å². The van der Waals surface area contributed by atoms with Gasteiger partial charge in [0.1, 0.15) is 5.78 Å². The highest BCUT2D eigenvalue weighted by molar-refractivity contribution is 5.80. The summed E-state index contributed by atoms with van der Waals surface area (Å²) in [6.45, 7) is 6.95. The van der Waals surface area contributed by atoms with Gasteiger partial charge in [-0.15, -0.1) is 0 Å². The second kappa shape index (κ2) is 3.56. The fourth-order valence-electron chi connectivity index (χ4n) is 1.68. The average molecular weight is 170 g/mol. The second-order valence-corrected chi connectivity index (χ2v) is 3.94. The molecule has 0 radical (unpaired) electrons. The maximum Gasteiger partial charge on any atom is 0.138 e. The predicted molar refractivity (Wildman–Crippen MR) is 48.1 cm³/mol. The Morgan fingerprint density at radius 2 is 2.33 bits per heavy atom. The number of ketones is 1. The van der Waals surface area contributed by atoms with Crippen molar-refractivity contribution >= 4 is 5.78 Å². The molecule has 1 fully saturated rings. The molecule has 0 aromatic carbocycles. The van der Waals surface area contributed by atoms with Crippen molar-refractivity contribution in [1.29, 1.82) is 0 Å². The zero-order valence-electron chi connectivity index (χ0n) is 8.22. The summed E-state index contributed by atoms with van der Waals surface area (Å²) < 4.78 is 5.67. The monoisotopic (exact) mass is 170 g/mol. The van der Waals surface area contributed by atoms with Gasteiger partial charge < -0.3 is 4.74 Å². The van der Waals surface area contributed by atoms with Gasteiger partial charge in [0.05, 0.1) is 12.2 Å². The molecule has 0 bridgehead atoms. The highest BCUT2D eigenvalue weighted by atomic mass is 16.5. The Morgan fingerprint density at radius 3 is 2.83 bits per heavy atom. The van der Waals surface area contributed by atoms with Gasteiger partial charge in [-0.05, 0) is 12.8 Å². The summed E-state index contributed by atoms with van der Waals surface area (Å²) in [4.78, 5) is 11.2.